The largest absolute Gasteiger partial charge is 0.0839 e. The standard InChI is InChI=1S/C15H20/c1-11-8-6-10-15(13(11)3)14-9-5-4-7-12(14)2/h4,6-7,10-11H,5,8-9H2,1-3H3. The average molecular weight is 200 g/mol. The van der Waals surface area contributed by atoms with E-state index in [2.05, 4.69) is 45.1 Å². The first-order valence-corrected chi connectivity index (χ1v) is 5.94. The molecule has 0 heteroatoms. The number of allylic oxidation sites excluding steroid dienone is 8. The van der Waals surface area contributed by atoms with E-state index in [0.717, 1.165) is 5.92 Å². The van der Waals surface area contributed by atoms with Gasteiger partial charge in [0.05, 0.1) is 0 Å². The van der Waals surface area contributed by atoms with Gasteiger partial charge in [-0.25, -0.2) is 0 Å². The van der Waals surface area contributed by atoms with Crippen LogP contribution < -0.4 is 0 Å². The molecule has 2 rings (SSSR count). The van der Waals surface area contributed by atoms with E-state index in [4.69, 9.17) is 0 Å². The molecule has 1 unspecified atom stereocenters. The van der Waals surface area contributed by atoms with Gasteiger partial charge in [-0.15, -0.1) is 0 Å². The lowest BCUT2D eigenvalue weighted by atomic mass is 9.82. The van der Waals surface area contributed by atoms with Gasteiger partial charge >= 0.3 is 0 Å². The molecule has 0 amide bonds. The summed E-state index contributed by atoms with van der Waals surface area (Å²) in [5.41, 5.74) is 6.10. The third-order valence-electron chi connectivity index (χ3n) is 3.67. The second-order valence-corrected chi connectivity index (χ2v) is 4.74. The second kappa shape index (κ2) is 4.22. The molecule has 0 aromatic rings. The molecule has 0 saturated carbocycles. The summed E-state index contributed by atoms with van der Waals surface area (Å²) in [5.74, 6) is 0.719. The zero-order chi connectivity index (χ0) is 10.8. The van der Waals surface area contributed by atoms with Gasteiger partial charge in [-0.2, -0.15) is 0 Å². The molecule has 0 spiro atoms. The fourth-order valence-electron chi connectivity index (χ4n) is 2.43. The van der Waals surface area contributed by atoms with Crippen molar-refractivity contribution < 1.29 is 0 Å². The van der Waals surface area contributed by atoms with Crippen LogP contribution in [0.4, 0.5) is 0 Å². The van der Waals surface area contributed by atoms with Crippen LogP contribution in [0.15, 0.2) is 46.6 Å². The Hall–Kier alpha value is -1.04. The zero-order valence-electron chi connectivity index (χ0n) is 10.0. The van der Waals surface area contributed by atoms with Gasteiger partial charge in [-0.1, -0.05) is 36.8 Å². The van der Waals surface area contributed by atoms with Gasteiger partial charge in [-0.05, 0) is 55.7 Å². The van der Waals surface area contributed by atoms with Crippen molar-refractivity contribution in [3.63, 3.8) is 0 Å². The van der Waals surface area contributed by atoms with Crippen molar-refractivity contribution in [3.05, 3.63) is 46.6 Å². The Morgan fingerprint density at radius 3 is 2.67 bits per heavy atom. The topological polar surface area (TPSA) is 0 Å². The van der Waals surface area contributed by atoms with Crippen molar-refractivity contribution in [3.8, 4) is 0 Å². The number of hydrogen-bond donors (Lipinski definition) is 0. The average Bonchev–Trinajstić information content (AvgIpc) is 2.23. The lowest BCUT2D eigenvalue weighted by Crippen LogP contribution is -2.06. The maximum Gasteiger partial charge on any atom is -0.0191 e. The van der Waals surface area contributed by atoms with E-state index in [1.807, 2.05) is 0 Å². The predicted octanol–water partition coefficient (Wildman–Crippen LogP) is 4.57. The van der Waals surface area contributed by atoms with Gasteiger partial charge < -0.3 is 0 Å². The fraction of sp³-hybridized carbons (Fsp3) is 0.467. The molecule has 15 heavy (non-hydrogen) atoms. The van der Waals surface area contributed by atoms with Gasteiger partial charge in [-0.3, -0.25) is 0 Å². The lowest BCUT2D eigenvalue weighted by molar-refractivity contribution is 0.676. The zero-order valence-corrected chi connectivity index (χ0v) is 10.0. The van der Waals surface area contributed by atoms with Gasteiger partial charge in [0.25, 0.3) is 0 Å². The Labute approximate surface area is 93.1 Å². The van der Waals surface area contributed by atoms with E-state index in [0.29, 0.717) is 0 Å². The van der Waals surface area contributed by atoms with Crippen molar-refractivity contribution >= 4 is 0 Å². The predicted molar refractivity (Wildman–Crippen MR) is 66.7 cm³/mol. The van der Waals surface area contributed by atoms with Gasteiger partial charge in [0.2, 0.25) is 0 Å². The molecule has 0 aromatic heterocycles. The van der Waals surface area contributed by atoms with E-state index >= 15 is 0 Å². The molecule has 0 nitrogen and oxygen atoms in total. The van der Waals surface area contributed by atoms with Crippen LogP contribution in [0.25, 0.3) is 0 Å². The summed E-state index contributed by atoms with van der Waals surface area (Å²) >= 11 is 0. The minimum absolute atomic E-state index is 0.719. The van der Waals surface area contributed by atoms with E-state index < -0.39 is 0 Å². The molecule has 0 bridgehead atoms. The SMILES string of the molecule is CC1=C(C2=C(C)C(C)CC=C2)CCC=C1. The molecule has 0 aromatic carbocycles. The smallest absolute Gasteiger partial charge is 0.0191 e. The molecule has 2 aliphatic rings. The highest BCUT2D eigenvalue weighted by Crippen LogP contribution is 2.34. The Bertz CT molecular complexity index is 375. The summed E-state index contributed by atoms with van der Waals surface area (Å²) < 4.78 is 0. The maximum absolute atomic E-state index is 2.33. The first kappa shape index (κ1) is 10.5. The quantitative estimate of drug-likeness (QED) is 0.582. The van der Waals surface area contributed by atoms with Crippen molar-refractivity contribution in [1.82, 2.24) is 0 Å². The van der Waals surface area contributed by atoms with Gasteiger partial charge in [0, 0.05) is 0 Å². The Morgan fingerprint density at radius 2 is 1.93 bits per heavy atom. The summed E-state index contributed by atoms with van der Waals surface area (Å²) in [7, 11) is 0. The third kappa shape index (κ3) is 1.99. The molecule has 0 heterocycles. The molecule has 0 N–H and O–H groups in total. The Morgan fingerprint density at radius 1 is 1.13 bits per heavy atom. The molecule has 0 saturated heterocycles. The number of hydrogen-bond acceptors (Lipinski definition) is 0. The van der Waals surface area contributed by atoms with Gasteiger partial charge in [0.1, 0.15) is 0 Å². The third-order valence-corrected chi connectivity index (χ3v) is 3.67. The highest BCUT2D eigenvalue weighted by Gasteiger charge is 2.16. The van der Waals surface area contributed by atoms with Crippen molar-refractivity contribution in [2.24, 2.45) is 5.92 Å². The van der Waals surface area contributed by atoms with E-state index in [-0.39, 0.29) is 0 Å². The summed E-state index contributed by atoms with van der Waals surface area (Å²) in [6, 6.07) is 0. The molecule has 2 aliphatic carbocycles. The van der Waals surface area contributed by atoms with Crippen LogP contribution in [0, 0.1) is 5.92 Å². The normalized spacial score (nSPS) is 26.5. The number of rotatable bonds is 1. The maximum atomic E-state index is 2.33. The molecule has 0 radical (unpaired) electrons. The summed E-state index contributed by atoms with van der Waals surface area (Å²) in [5, 5.41) is 0. The van der Waals surface area contributed by atoms with Crippen molar-refractivity contribution in [1.29, 1.82) is 0 Å². The van der Waals surface area contributed by atoms with Crippen LogP contribution >= 0.6 is 0 Å². The van der Waals surface area contributed by atoms with Crippen molar-refractivity contribution in [2.45, 2.75) is 40.0 Å². The van der Waals surface area contributed by atoms with Crippen LogP contribution in [0.3, 0.4) is 0 Å². The molecule has 1 atom stereocenters. The highest BCUT2D eigenvalue weighted by atomic mass is 14.2. The summed E-state index contributed by atoms with van der Waals surface area (Å²) in [4.78, 5) is 0. The molecular weight excluding hydrogens is 180 g/mol. The van der Waals surface area contributed by atoms with Crippen LogP contribution in [0.1, 0.15) is 40.0 Å². The van der Waals surface area contributed by atoms with Gasteiger partial charge in [0.15, 0.2) is 0 Å². The molecule has 0 aliphatic heterocycles. The minimum atomic E-state index is 0.719. The molecule has 0 fully saturated rings. The first-order valence-electron chi connectivity index (χ1n) is 5.94. The molecule has 80 valence electrons. The van der Waals surface area contributed by atoms with Crippen LogP contribution in [0.5, 0.6) is 0 Å². The lowest BCUT2D eigenvalue weighted by Gasteiger charge is -2.23. The van der Waals surface area contributed by atoms with E-state index in [9.17, 15) is 0 Å². The Kier molecular flexibility index (Phi) is 2.95. The van der Waals surface area contributed by atoms with E-state index in [1.54, 1.807) is 11.1 Å². The fourth-order valence-corrected chi connectivity index (χ4v) is 2.43. The minimum Gasteiger partial charge on any atom is -0.0839 e. The van der Waals surface area contributed by atoms with Crippen LogP contribution in [-0.4, -0.2) is 0 Å². The summed E-state index contributed by atoms with van der Waals surface area (Å²) in [6.07, 6.45) is 12.8. The van der Waals surface area contributed by atoms with E-state index in [1.165, 1.54) is 30.4 Å². The van der Waals surface area contributed by atoms with Crippen LogP contribution in [0.2, 0.25) is 0 Å². The first-order chi connectivity index (χ1) is 7.20. The second-order valence-electron chi connectivity index (χ2n) is 4.74. The van der Waals surface area contributed by atoms with Crippen LogP contribution in [-0.2, 0) is 0 Å². The van der Waals surface area contributed by atoms with Crippen molar-refractivity contribution in [2.75, 3.05) is 0 Å². The highest BCUT2D eigenvalue weighted by molar-refractivity contribution is 5.50. The Balaban J connectivity index is 2.42. The summed E-state index contributed by atoms with van der Waals surface area (Å²) in [6.45, 7) is 6.86. The molecular formula is C15H20. The monoisotopic (exact) mass is 200 g/mol.